The monoisotopic (exact) mass is 327 g/mol. The van der Waals surface area contributed by atoms with Gasteiger partial charge in [-0.05, 0) is 12.1 Å². The summed E-state index contributed by atoms with van der Waals surface area (Å²) in [6, 6.07) is 5.10. The first-order chi connectivity index (χ1) is 10.0. The van der Waals surface area contributed by atoms with E-state index in [0.29, 0.717) is 28.5 Å². The van der Waals surface area contributed by atoms with Crippen molar-refractivity contribution in [2.45, 2.75) is 0 Å². The second kappa shape index (κ2) is 6.90. The van der Waals surface area contributed by atoms with Gasteiger partial charge in [0, 0.05) is 11.6 Å². The second-order valence-corrected chi connectivity index (χ2v) is 4.17. The van der Waals surface area contributed by atoms with Crippen molar-refractivity contribution in [2.24, 2.45) is 5.73 Å². The lowest BCUT2D eigenvalue weighted by molar-refractivity contribution is 0.324. The Morgan fingerprint density at radius 2 is 1.64 bits per heavy atom. The first-order valence-corrected chi connectivity index (χ1v) is 6.02. The van der Waals surface area contributed by atoms with Crippen LogP contribution in [0.25, 0.3) is 11.3 Å². The molecular weight excluding hydrogens is 310 g/mol. The number of hydrogen-bond donors (Lipinski definition) is 3. The molecule has 5 N–H and O–H groups in total. The van der Waals surface area contributed by atoms with Crippen molar-refractivity contribution in [1.82, 2.24) is 9.78 Å². The zero-order chi connectivity index (χ0) is 15.6. The molecule has 0 spiro atoms. The molecule has 0 amide bonds. The highest BCUT2D eigenvalue weighted by molar-refractivity contribution is 5.85. The van der Waals surface area contributed by atoms with Crippen LogP contribution >= 0.6 is 12.4 Å². The van der Waals surface area contributed by atoms with Crippen molar-refractivity contribution in [1.29, 1.82) is 5.41 Å². The van der Waals surface area contributed by atoms with Crippen molar-refractivity contribution in [2.75, 3.05) is 27.1 Å². The van der Waals surface area contributed by atoms with Crippen LogP contribution < -0.4 is 25.7 Å². The summed E-state index contributed by atoms with van der Waals surface area (Å²) in [5.41, 5.74) is 12.4. The molecule has 8 nitrogen and oxygen atoms in total. The van der Waals surface area contributed by atoms with Crippen LogP contribution in [0.4, 0.5) is 5.82 Å². The van der Waals surface area contributed by atoms with Gasteiger partial charge in [-0.1, -0.05) is 0 Å². The normalized spacial score (nSPS) is 9.77. The number of aromatic nitrogens is 2. The number of nitrogen functional groups attached to an aromatic ring is 2. The fraction of sp³-hybridized carbons (Fsp3) is 0.231. The quantitative estimate of drug-likeness (QED) is 0.575. The number of anilines is 1. The number of rotatable bonds is 4. The summed E-state index contributed by atoms with van der Waals surface area (Å²) in [4.78, 5) is 0. The molecule has 1 aromatic heterocycles. The Morgan fingerprint density at radius 1 is 1.09 bits per heavy atom. The molecule has 22 heavy (non-hydrogen) atoms. The third-order valence-electron chi connectivity index (χ3n) is 2.93. The molecule has 2 aromatic rings. The van der Waals surface area contributed by atoms with Gasteiger partial charge < -0.3 is 25.7 Å². The largest absolute Gasteiger partial charge is 0.493 e. The smallest absolute Gasteiger partial charge is 0.215 e. The van der Waals surface area contributed by atoms with E-state index in [1.54, 1.807) is 18.2 Å². The van der Waals surface area contributed by atoms with Crippen molar-refractivity contribution in [3.8, 4) is 28.5 Å². The lowest BCUT2D eigenvalue weighted by atomic mass is 10.1. The molecule has 0 fully saturated rings. The van der Waals surface area contributed by atoms with Crippen LogP contribution in [0.5, 0.6) is 17.2 Å². The highest BCUT2D eigenvalue weighted by atomic mass is 35.5. The summed E-state index contributed by atoms with van der Waals surface area (Å²) in [5.74, 6) is 1.51. The Bertz CT molecular complexity index is 661. The third-order valence-corrected chi connectivity index (χ3v) is 2.93. The van der Waals surface area contributed by atoms with E-state index in [1.807, 2.05) is 0 Å². The highest BCUT2D eigenvalue weighted by Crippen LogP contribution is 2.41. The molecule has 0 radical (unpaired) electrons. The van der Waals surface area contributed by atoms with Gasteiger partial charge >= 0.3 is 0 Å². The number of nitrogens with zero attached hydrogens (tertiary/aromatic N) is 2. The van der Waals surface area contributed by atoms with Crippen LogP contribution in [0.2, 0.25) is 0 Å². The lowest BCUT2D eigenvalue weighted by Crippen LogP contribution is -2.23. The van der Waals surface area contributed by atoms with Gasteiger partial charge in [0.15, 0.2) is 11.5 Å². The van der Waals surface area contributed by atoms with E-state index in [2.05, 4.69) is 5.10 Å². The Morgan fingerprint density at radius 3 is 2.00 bits per heavy atom. The van der Waals surface area contributed by atoms with Gasteiger partial charge in [0.2, 0.25) is 11.7 Å². The molecule has 120 valence electrons. The van der Waals surface area contributed by atoms with Crippen LogP contribution in [-0.4, -0.2) is 37.1 Å². The lowest BCUT2D eigenvalue weighted by Gasteiger charge is -2.13. The Labute approximate surface area is 133 Å². The van der Waals surface area contributed by atoms with Gasteiger partial charge in [0.05, 0.1) is 27.0 Å². The number of nitrogens with two attached hydrogens (primary N) is 2. The van der Waals surface area contributed by atoms with Crippen LogP contribution in [0.15, 0.2) is 18.2 Å². The number of methoxy groups -OCH3 is 3. The molecule has 0 aliphatic heterocycles. The summed E-state index contributed by atoms with van der Waals surface area (Å²) in [6.45, 7) is 0. The summed E-state index contributed by atoms with van der Waals surface area (Å²) in [6.07, 6.45) is 0. The molecule has 1 aromatic carbocycles. The highest BCUT2D eigenvalue weighted by Gasteiger charge is 2.16. The van der Waals surface area contributed by atoms with Crippen LogP contribution in [0.1, 0.15) is 0 Å². The van der Waals surface area contributed by atoms with Gasteiger partial charge in [-0.15, -0.1) is 12.4 Å². The van der Waals surface area contributed by atoms with Gasteiger partial charge in [0.1, 0.15) is 5.82 Å². The molecular formula is C13H18ClN5O3. The minimum absolute atomic E-state index is 0. The maximum Gasteiger partial charge on any atom is 0.215 e. The molecule has 2 rings (SSSR count). The summed E-state index contributed by atoms with van der Waals surface area (Å²) >= 11 is 0. The minimum Gasteiger partial charge on any atom is -0.493 e. The van der Waals surface area contributed by atoms with Gasteiger partial charge in [0.25, 0.3) is 0 Å². The first kappa shape index (κ1) is 17.4. The average molecular weight is 328 g/mol. The Kier molecular flexibility index (Phi) is 5.47. The van der Waals surface area contributed by atoms with Crippen molar-refractivity contribution in [3.63, 3.8) is 0 Å². The second-order valence-electron chi connectivity index (χ2n) is 4.17. The molecule has 0 atom stereocenters. The number of ether oxygens (including phenoxy) is 3. The van der Waals surface area contributed by atoms with Crippen molar-refractivity contribution in [3.05, 3.63) is 18.2 Å². The van der Waals surface area contributed by atoms with E-state index in [1.165, 1.54) is 21.3 Å². The van der Waals surface area contributed by atoms with E-state index in [0.717, 1.165) is 4.68 Å². The topological polar surface area (TPSA) is 121 Å². The Balaban J connectivity index is 0.00000242. The van der Waals surface area contributed by atoms with Gasteiger partial charge in [-0.25, -0.2) is 0 Å². The van der Waals surface area contributed by atoms with E-state index < -0.39 is 0 Å². The van der Waals surface area contributed by atoms with E-state index in [9.17, 15) is 0 Å². The van der Waals surface area contributed by atoms with Gasteiger partial charge in [-0.3, -0.25) is 5.41 Å². The maximum atomic E-state index is 7.40. The zero-order valence-corrected chi connectivity index (χ0v) is 13.2. The van der Waals surface area contributed by atoms with Crippen molar-refractivity contribution >= 4 is 24.2 Å². The van der Waals surface area contributed by atoms with Crippen LogP contribution in [0.3, 0.4) is 0 Å². The van der Waals surface area contributed by atoms with E-state index in [-0.39, 0.29) is 24.2 Å². The molecule has 9 heteroatoms. The van der Waals surface area contributed by atoms with Crippen LogP contribution in [-0.2, 0) is 0 Å². The predicted octanol–water partition coefficient (Wildman–Crippen LogP) is 1.32. The van der Waals surface area contributed by atoms with Crippen LogP contribution in [0, 0.1) is 5.41 Å². The number of nitrogens with one attached hydrogen (secondary N) is 1. The summed E-state index contributed by atoms with van der Waals surface area (Å²) in [5, 5.41) is 11.6. The van der Waals surface area contributed by atoms with Gasteiger partial charge in [-0.2, -0.15) is 9.78 Å². The molecule has 1 heterocycles. The minimum atomic E-state index is -0.258. The molecule has 0 saturated carbocycles. The third kappa shape index (κ3) is 3.01. The summed E-state index contributed by atoms with van der Waals surface area (Å²) in [7, 11) is 4.59. The van der Waals surface area contributed by atoms with E-state index in [4.69, 9.17) is 31.1 Å². The molecule has 0 aliphatic carbocycles. The fourth-order valence-electron chi connectivity index (χ4n) is 1.96. The SMILES string of the molecule is COc1cc(-c2cc(N)n(C(=N)N)n2)cc(OC)c1OC.Cl. The maximum absolute atomic E-state index is 7.40. The van der Waals surface area contributed by atoms with E-state index >= 15 is 0 Å². The standard InChI is InChI=1S/C13H17N5O3.ClH/c1-19-9-4-7(5-10(20-2)12(9)21-3)8-6-11(14)18(17-8)13(15)16;/h4-6H,14H2,1-3H3,(H3,15,16);1H. The average Bonchev–Trinajstić information content (AvgIpc) is 2.87. The zero-order valence-electron chi connectivity index (χ0n) is 12.4. The molecule has 0 saturated heterocycles. The summed E-state index contributed by atoms with van der Waals surface area (Å²) < 4.78 is 17.0. The Hall–Kier alpha value is -2.61. The first-order valence-electron chi connectivity index (χ1n) is 6.02. The number of halogens is 1. The number of hydrogen-bond acceptors (Lipinski definition) is 6. The molecule has 0 unspecified atom stereocenters. The molecule has 0 aliphatic rings. The fourth-order valence-corrected chi connectivity index (χ4v) is 1.96. The number of benzene rings is 1. The van der Waals surface area contributed by atoms with Crippen molar-refractivity contribution < 1.29 is 14.2 Å². The molecule has 0 bridgehead atoms. The predicted molar refractivity (Wildman–Crippen MR) is 86.3 cm³/mol.